The first-order valence-corrected chi connectivity index (χ1v) is 7.05. The molecule has 1 unspecified atom stereocenters. The van der Waals surface area contributed by atoms with Crippen LogP contribution in [0, 0.1) is 0 Å². The molecular formula is C12H12Cl2N2OS. The summed E-state index contributed by atoms with van der Waals surface area (Å²) in [5.41, 5.74) is 1.94. The van der Waals surface area contributed by atoms with E-state index in [0.717, 1.165) is 11.3 Å². The van der Waals surface area contributed by atoms with Crippen LogP contribution in [0.1, 0.15) is 24.2 Å². The summed E-state index contributed by atoms with van der Waals surface area (Å²) >= 11 is 13.0. The summed E-state index contributed by atoms with van der Waals surface area (Å²) in [5.74, 6) is 0. The van der Waals surface area contributed by atoms with Crippen LogP contribution in [0.5, 0.6) is 0 Å². The molecule has 0 aliphatic rings. The highest BCUT2D eigenvalue weighted by atomic mass is 35.5. The van der Waals surface area contributed by atoms with Gasteiger partial charge in [-0.3, -0.25) is 4.79 Å². The lowest BCUT2D eigenvalue weighted by atomic mass is 10.1. The third-order valence-corrected chi connectivity index (χ3v) is 4.07. The molecule has 96 valence electrons. The van der Waals surface area contributed by atoms with Crippen molar-refractivity contribution in [2.75, 3.05) is 0 Å². The first-order chi connectivity index (χ1) is 8.56. The molecule has 0 aliphatic carbocycles. The molecule has 0 spiro atoms. The average molecular weight is 303 g/mol. The second kappa shape index (κ2) is 5.89. The van der Waals surface area contributed by atoms with Crippen LogP contribution in [-0.2, 0) is 6.54 Å². The summed E-state index contributed by atoms with van der Waals surface area (Å²) in [6.07, 6.45) is 0. The molecular weight excluding hydrogens is 291 g/mol. The molecule has 0 bridgehead atoms. The van der Waals surface area contributed by atoms with Gasteiger partial charge in [-0.15, -0.1) is 0 Å². The molecule has 6 heteroatoms. The van der Waals surface area contributed by atoms with Crippen LogP contribution in [0.4, 0.5) is 0 Å². The second-order valence-corrected chi connectivity index (χ2v) is 5.61. The topological polar surface area (TPSA) is 44.9 Å². The minimum Gasteiger partial charge on any atom is -0.315 e. The maximum atomic E-state index is 11.0. The molecule has 0 fully saturated rings. The highest BCUT2D eigenvalue weighted by Crippen LogP contribution is 2.25. The molecule has 2 N–H and O–H groups in total. The van der Waals surface area contributed by atoms with Gasteiger partial charge in [0.1, 0.15) is 0 Å². The van der Waals surface area contributed by atoms with Crippen LogP contribution in [0.15, 0.2) is 28.4 Å². The van der Waals surface area contributed by atoms with Crippen LogP contribution >= 0.6 is 34.5 Å². The Balaban J connectivity index is 2.01. The SMILES string of the molecule is CC(NCc1csc(=O)[nH]1)c1ccc(Cl)c(Cl)c1. The Hall–Kier alpha value is -0.810. The Morgan fingerprint density at radius 1 is 1.39 bits per heavy atom. The zero-order chi connectivity index (χ0) is 13.1. The van der Waals surface area contributed by atoms with Crippen molar-refractivity contribution in [2.24, 2.45) is 0 Å². The predicted molar refractivity (Wildman–Crippen MR) is 76.7 cm³/mol. The smallest absolute Gasteiger partial charge is 0.304 e. The van der Waals surface area contributed by atoms with Gasteiger partial charge in [0.05, 0.1) is 10.0 Å². The molecule has 0 saturated carbocycles. The van der Waals surface area contributed by atoms with E-state index in [-0.39, 0.29) is 10.9 Å². The Kier molecular flexibility index (Phi) is 4.45. The van der Waals surface area contributed by atoms with Gasteiger partial charge in [0.2, 0.25) is 0 Å². The minimum atomic E-state index is -0.0333. The van der Waals surface area contributed by atoms with E-state index in [1.165, 1.54) is 11.3 Å². The second-order valence-electron chi connectivity index (χ2n) is 3.95. The van der Waals surface area contributed by atoms with Crippen LogP contribution in [0.25, 0.3) is 0 Å². The van der Waals surface area contributed by atoms with Gasteiger partial charge in [0, 0.05) is 23.7 Å². The van der Waals surface area contributed by atoms with Gasteiger partial charge >= 0.3 is 4.87 Å². The molecule has 1 heterocycles. The molecule has 1 aromatic heterocycles. The summed E-state index contributed by atoms with van der Waals surface area (Å²) < 4.78 is 0. The highest BCUT2D eigenvalue weighted by molar-refractivity contribution is 7.07. The third kappa shape index (κ3) is 3.36. The summed E-state index contributed by atoms with van der Waals surface area (Å²) in [6, 6.07) is 5.69. The summed E-state index contributed by atoms with van der Waals surface area (Å²) in [4.78, 5) is 13.7. The van der Waals surface area contributed by atoms with Gasteiger partial charge in [-0.2, -0.15) is 0 Å². The molecule has 2 aromatic rings. The number of hydrogen-bond acceptors (Lipinski definition) is 3. The number of aromatic amines is 1. The Morgan fingerprint density at radius 2 is 2.17 bits per heavy atom. The summed E-state index contributed by atoms with van der Waals surface area (Å²) in [6.45, 7) is 2.64. The number of nitrogens with one attached hydrogen (secondary N) is 2. The molecule has 0 amide bonds. The molecule has 1 atom stereocenters. The molecule has 0 aliphatic heterocycles. The minimum absolute atomic E-state index is 0.0333. The number of rotatable bonds is 4. The van der Waals surface area contributed by atoms with Crippen molar-refractivity contribution in [3.8, 4) is 0 Å². The van der Waals surface area contributed by atoms with E-state index in [2.05, 4.69) is 10.3 Å². The van der Waals surface area contributed by atoms with Gasteiger partial charge in [0.25, 0.3) is 0 Å². The fourth-order valence-electron chi connectivity index (χ4n) is 1.56. The maximum absolute atomic E-state index is 11.0. The number of halogens is 2. The Bertz CT molecular complexity index is 594. The Labute approximate surface area is 119 Å². The van der Waals surface area contributed by atoms with Crippen LogP contribution in [0.2, 0.25) is 10.0 Å². The van der Waals surface area contributed by atoms with Crippen molar-refractivity contribution < 1.29 is 0 Å². The van der Waals surface area contributed by atoms with Crippen LogP contribution < -0.4 is 10.2 Å². The summed E-state index contributed by atoms with van der Waals surface area (Å²) in [7, 11) is 0. The number of aromatic nitrogens is 1. The highest BCUT2D eigenvalue weighted by Gasteiger charge is 2.07. The van der Waals surface area contributed by atoms with E-state index >= 15 is 0 Å². The molecule has 1 aromatic carbocycles. The standard InChI is InChI=1S/C12H12Cl2N2OS/c1-7(8-2-3-10(13)11(14)4-8)15-5-9-6-18-12(17)16-9/h2-4,6-7,15H,5H2,1H3,(H,16,17). The van der Waals surface area contributed by atoms with E-state index in [4.69, 9.17) is 23.2 Å². The number of H-pyrrole nitrogens is 1. The molecule has 0 saturated heterocycles. The molecule has 3 nitrogen and oxygen atoms in total. The van der Waals surface area contributed by atoms with Crippen molar-refractivity contribution in [1.29, 1.82) is 0 Å². The van der Waals surface area contributed by atoms with E-state index in [9.17, 15) is 4.79 Å². The average Bonchev–Trinajstić information content (AvgIpc) is 2.75. The zero-order valence-corrected chi connectivity index (χ0v) is 12.0. The van der Waals surface area contributed by atoms with Gasteiger partial charge in [-0.25, -0.2) is 0 Å². The predicted octanol–water partition coefficient (Wildman–Crippen LogP) is 3.59. The van der Waals surface area contributed by atoms with Crippen LogP contribution in [-0.4, -0.2) is 4.98 Å². The van der Waals surface area contributed by atoms with Crippen molar-refractivity contribution >= 4 is 34.5 Å². The van der Waals surface area contributed by atoms with E-state index in [1.807, 2.05) is 24.4 Å². The molecule has 2 rings (SSSR count). The van der Waals surface area contributed by atoms with Crippen molar-refractivity contribution in [3.05, 3.63) is 54.5 Å². The third-order valence-electron chi connectivity index (χ3n) is 2.61. The normalized spacial score (nSPS) is 12.6. The van der Waals surface area contributed by atoms with Gasteiger partial charge in [0.15, 0.2) is 0 Å². The molecule has 18 heavy (non-hydrogen) atoms. The monoisotopic (exact) mass is 302 g/mol. The lowest BCUT2D eigenvalue weighted by molar-refractivity contribution is 0.569. The molecule has 0 radical (unpaired) electrons. The number of benzene rings is 1. The van der Waals surface area contributed by atoms with E-state index < -0.39 is 0 Å². The van der Waals surface area contributed by atoms with Crippen molar-refractivity contribution in [1.82, 2.24) is 10.3 Å². The largest absolute Gasteiger partial charge is 0.315 e. The lowest BCUT2D eigenvalue weighted by Crippen LogP contribution is -2.18. The first-order valence-electron chi connectivity index (χ1n) is 5.41. The zero-order valence-electron chi connectivity index (χ0n) is 9.67. The van der Waals surface area contributed by atoms with Crippen molar-refractivity contribution in [2.45, 2.75) is 19.5 Å². The van der Waals surface area contributed by atoms with Crippen LogP contribution in [0.3, 0.4) is 0 Å². The van der Waals surface area contributed by atoms with Crippen molar-refractivity contribution in [3.63, 3.8) is 0 Å². The fraction of sp³-hybridized carbons (Fsp3) is 0.250. The fourth-order valence-corrected chi connectivity index (χ4v) is 2.45. The number of hydrogen-bond donors (Lipinski definition) is 2. The van der Waals surface area contributed by atoms with E-state index in [0.29, 0.717) is 16.6 Å². The van der Waals surface area contributed by atoms with Gasteiger partial charge in [-0.05, 0) is 24.6 Å². The van der Waals surface area contributed by atoms with E-state index in [1.54, 1.807) is 6.07 Å². The van der Waals surface area contributed by atoms with Gasteiger partial charge in [-0.1, -0.05) is 40.6 Å². The number of thiazole rings is 1. The quantitative estimate of drug-likeness (QED) is 0.906. The Morgan fingerprint density at radius 3 is 2.78 bits per heavy atom. The lowest BCUT2D eigenvalue weighted by Gasteiger charge is -2.14. The van der Waals surface area contributed by atoms with Gasteiger partial charge < -0.3 is 10.3 Å². The maximum Gasteiger partial charge on any atom is 0.304 e. The first kappa shape index (κ1) is 13.6. The summed E-state index contributed by atoms with van der Waals surface area (Å²) in [5, 5.41) is 6.23.